The first kappa shape index (κ1) is 17.0. The van der Waals surface area contributed by atoms with Crippen molar-refractivity contribution >= 4 is 17.5 Å². The number of para-hydroxylation sites is 1. The molecule has 0 radical (unpaired) electrons. The number of nitrogens with zero attached hydrogens (tertiary/aromatic N) is 2. The van der Waals surface area contributed by atoms with Crippen LogP contribution in [0.25, 0.3) is 11.4 Å². The molecule has 0 aliphatic carbocycles. The molecular formula is C18H16ClN3O3. The summed E-state index contributed by atoms with van der Waals surface area (Å²) in [6, 6.07) is 16.2. The molecule has 1 atom stereocenters. The van der Waals surface area contributed by atoms with Crippen molar-refractivity contribution < 1.29 is 14.1 Å². The lowest BCUT2D eigenvalue weighted by molar-refractivity contribution is -0.127. The van der Waals surface area contributed by atoms with Crippen LogP contribution < -0.4 is 10.1 Å². The molecule has 1 N–H and O–H groups in total. The molecule has 0 aliphatic rings. The highest BCUT2D eigenvalue weighted by Gasteiger charge is 2.16. The number of amides is 1. The maximum atomic E-state index is 12.1. The maximum absolute atomic E-state index is 12.1. The van der Waals surface area contributed by atoms with Gasteiger partial charge in [-0.25, -0.2) is 0 Å². The summed E-state index contributed by atoms with van der Waals surface area (Å²) < 4.78 is 10.7. The van der Waals surface area contributed by atoms with Crippen LogP contribution in [0.4, 0.5) is 0 Å². The Balaban J connectivity index is 1.54. The number of halogens is 1. The van der Waals surface area contributed by atoms with E-state index in [1.165, 1.54) is 0 Å². The minimum absolute atomic E-state index is 0.127. The van der Waals surface area contributed by atoms with E-state index in [-0.39, 0.29) is 12.5 Å². The van der Waals surface area contributed by atoms with Gasteiger partial charge < -0.3 is 14.6 Å². The second kappa shape index (κ2) is 7.81. The Hall–Kier alpha value is -2.86. The van der Waals surface area contributed by atoms with E-state index < -0.39 is 6.10 Å². The number of rotatable bonds is 6. The lowest BCUT2D eigenvalue weighted by atomic mass is 10.2. The third-order valence-electron chi connectivity index (χ3n) is 3.41. The molecule has 1 amide bonds. The average Bonchev–Trinajstić information content (AvgIpc) is 3.10. The van der Waals surface area contributed by atoms with Crippen LogP contribution in [0, 0.1) is 0 Å². The molecule has 0 saturated heterocycles. The summed E-state index contributed by atoms with van der Waals surface area (Å²) >= 11 is 5.85. The van der Waals surface area contributed by atoms with E-state index >= 15 is 0 Å². The van der Waals surface area contributed by atoms with Crippen LogP contribution in [0.2, 0.25) is 5.02 Å². The van der Waals surface area contributed by atoms with Gasteiger partial charge in [0.15, 0.2) is 6.10 Å². The summed E-state index contributed by atoms with van der Waals surface area (Å²) in [5.41, 5.74) is 0.784. The van der Waals surface area contributed by atoms with Crippen LogP contribution >= 0.6 is 11.6 Å². The fourth-order valence-electron chi connectivity index (χ4n) is 2.11. The highest BCUT2D eigenvalue weighted by molar-refractivity contribution is 6.30. The molecular weight excluding hydrogens is 342 g/mol. The van der Waals surface area contributed by atoms with Crippen molar-refractivity contribution in [3.8, 4) is 17.1 Å². The Morgan fingerprint density at radius 2 is 1.92 bits per heavy atom. The van der Waals surface area contributed by atoms with Crippen molar-refractivity contribution in [1.82, 2.24) is 15.5 Å². The van der Waals surface area contributed by atoms with Gasteiger partial charge in [-0.15, -0.1) is 0 Å². The lowest BCUT2D eigenvalue weighted by Gasteiger charge is -2.13. The molecule has 1 unspecified atom stereocenters. The van der Waals surface area contributed by atoms with Crippen molar-refractivity contribution in [1.29, 1.82) is 0 Å². The molecule has 7 heteroatoms. The number of hydrogen-bond donors (Lipinski definition) is 1. The molecule has 3 aromatic rings. The smallest absolute Gasteiger partial charge is 0.261 e. The molecule has 1 heterocycles. The van der Waals surface area contributed by atoms with Crippen molar-refractivity contribution in [2.75, 3.05) is 0 Å². The fraction of sp³-hybridized carbons (Fsp3) is 0.167. The first-order chi connectivity index (χ1) is 12.1. The van der Waals surface area contributed by atoms with E-state index in [0.29, 0.717) is 22.5 Å². The standard InChI is InChI=1S/C18H16ClN3O3/c1-12(24-15-5-3-2-4-6-15)18(23)20-11-16-21-17(22-25-16)13-7-9-14(19)10-8-13/h2-10,12H,11H2,1H3,(H,20,23). The third kappa shape index (κ3) is 4.58. The van der Waals surface area contributed by atoms with Gasteiger partial charge in [0.1, 0.15) is 5.75 Å². The van der Waals surface area contributed by atoms with Gasteiger partial charge in [0.2, 0.25) is 11.7 Å². The summed E-state index contributed by atoms with van der Waals surface area (Å²) in [6.45, 7) is 1.80. The second-order valence-electron chi connectivity index (χ2n) is 5.31. The summed E-state index contributed by atoms with van der Waals surface area (Å²) in [5.74, 6) is 1.11. The van der Waals surface area contributed by atoms with Gasteiger partial charge in [-0.05, 0) is 43.3 Å². The zero-order valence-corrected chi connectivity index (χ0v) is 14.2. The van der Waals surface area contributed by atoms with Crippen LogP contribution in [0.5, 0.6) is 5.75 Å². The largest absolute Gasteiger partial charge is 0.481 e. The number of nitrogens with one attached hydrogen (secondary N) is 1. The van der Waals surface area contributed by atoms with Gasteiger partial charge in [0, 0.05) is 10.6 Å². The zero-order chi connectivity index (χ0) is 17.6. The van der Waals surface area contributed by atoms with Crippen LogP contribution in [0.15, 0.2) is 59.1 Å². The monoisotopic (exact) mass is 357 g/mol. The molecule has 3 rings (SSSR count). The van der Waals surface area contributed by atoms with Crippen LogP contribution in [0.3, 0.4) is 0 Å². The van der Waals surface area contributed by atoms with Gasteiger partial charge in [0.05, 0.1) is 6.54 Å². The van der Waals surface area contributed by atoms with Crippen molar-refractivity contribution in [2.45, 2.75) is 19.6 Å². The third-order valence-corrected chi connectivity index (χ3v) is 3.66. The zero-order valence-electron chi connectivity index (χ0n) is 13.5. The van der Waals surface area contributed by atoms with Crippen LogP contribution in [-0.4, -0.2) is 22.2 Å². The topological polar surface area (TPSA) is 77.2 Å². The predicted octanol–water partition coefficient (Wildman–Crippen LogP) is 3.47. The summed E-state index contributed by atoms with van der Waals surface area (Å²) in [7, 11) is 0. The highest BCUT2D eigenvalue weighted by Crippen LogP contribution is 2.18. The Kier molecular flexibility index (Phi) is 5.30. The van der Waals surface area contributed by atoms with Crippen molar-refractivity contribution in [3.63, 3.8) is 0 Å². The number of carbonyl (C=O) groups excluding carboxylic acids is 1. The molecule has 25 heavy (non-hydrogen) atoms. The quantitative estimate of drug-likeness (QED) is 0.730. The van der Waals surface area contributed by atoms with E-state index in [2.05, 4.69) is 15.5 Å². The molecule has 0 spiro atoms. The van der Waals surface area contributed by atoms with Crippen molar-refractivity contribution in [2.24, 2.45) is 0 Å². The molecule has 128 valence electrons. The molecule has 0 bridgehead atoms. The van der Waals surface area contributed by atoms with E-state index in [1.807, 2.05) is 18.2 Å². The molecule has 2 aromatic carbocycles. The first-order valence-electron chi connectivity index (χ1n) is 7.70. The van der Waals surface area contributed by atoms with Crippen LogP contribution in [0.1, 0.15) is 12.8 Å². The number of hydrogen-bond acceptors (Lipinski definition) is 5. The summed E-state index contributed by atoms with van der Waals surface area (Å²) in [4.78, 5) is 16.3. The molecule has 1 aromatic heterocycles. The average molecular weight is 358 g/mol. The minimum atomic E-state index is -0.638. The highest BCUT2D eigenvalue weighted by atomic mass is 35.5. The predicted molar refractivity (Wildman–Crippen MR) is 93.1 cm³/mol. The Labute approximate surface area is 149 Å². The molecule has 0 aliphatic heterocycles. The van der Waals surface area contributed by atoms with Crippen LogP contribution in [-0.2, 0) is 11.3 Å². The molecule has 0 saturated carbocycles. The second-order valence-corrected chi connectivity index (χ2v) is 5.75. The summed E-state index contributed by atoms with van der Waals surface area (Å²) in [5, 5.41) is 7.24. The van der Waals surface area contributed by atoms with E-state index in [4.69, 9.17) is 20.9 Å². The lowest BCUT2D eigenvalue weighted by Crippen LogP contribution is -2.35. The Morgan fingerprint density at radius 1 is 1.20 bits per heavy atom. The Morgan fingerprint density at radius 3 is 2.64 bits per heavy atom. The van der Waals surface area contributed by atoms with Gasteiger partial charge in [0.25, 0.3) is 5.91 Å². The van der Waals surface area contributed by atoms with E-state index in [0.717, 1.165) is 5.56 Å². The van der Waals surface area contributed by atoms with Gasteiger partial charge in [-0.1, -0.05) is 35.0 Å². The number of carbonyl (C=O) groups is 1. The van der Waals surface area contributed by atoms with E-state index in [9.17, 15) is 4.79 Å². The SMILES string of the molecule is CC(Oc1ccccc1)C(=O)NCc1nc(-c2ccc(Cl)cc2)no1. The first-order valence-corrected chi connectivity index (χ1v) is 8.07. The van der Waals surface area contributed by atoms with Gasteiger partial charge >= 0.3 is 0 Å². The number of aromatic nitrogens is 2. The minimum Gasteiger partial charge on any atom is -0.481 e. The maximum Gasteiger partial charge on any atom is 0.261 e. The van der Waals surface area contributed by atoms with Crippen molar-refractivity contribution in [3.05, 3.63) is 65.5 Å². The molecule has 6 nitrogen and oxygen atoms in total. The summed E-state index contributed by atoms with van der Waals surface area (Å²) in [6.07, 6.45) is -0.638. The fourth-order valence-corrected chi connectivity index (χ4v) is 2.23. The number of benzene rings is 2. The number of ether oxygens (including phenoxy) is 1. The Bertz CT molecular complexity index is 834. The van der Waals surface area contributed by atoms with Gasteiger partial charge in [-0.2, -0.15) is 4.98 Å². The molecule has 0 fully saturated rings. The van der Waals surface area contributed by atoms with E-state index in [1.54, 1.807) is 43.3 Å². The normalized spacial score (nSPS) is 11.8. The van der Waals surface area contributed by atoms with Gasteiger partial charge in [-0.3, -0.25) is 4.79 Å².